The van der Waals surface area contributed by atoms with E-state index in [1.807, 2.05) is 0 Å². The van der Waals surface area contributed by atoms with Crippen LogP contribution in [-0.2, 0) is 20.8 Å². The lowest BCUT2D eigenvalue weighted by atomic mass is 10.1. The molecule has 0 spiro atoms. The fraction of sp³-hybridized carbons (Fsp3) is 0.500. The highest BCUT2D eigenvalue weighted by Crippen LogP contribution is 2.28. The Balaban J connectivity index is 1.48. The number of nitrogens with one attached hydrogen (secondary N) is 3. The van der Waals surface area contributed by atoms with Gasteiger partial charge in [0.05, 0.1) is 6.42 Å². The molecule has 0 aromatic heterocycles. The second-order valence-electron chi connectivity index (χ2n) is 6.18. The highest BCUT2D eigenvalue weighted by Gasteiger charge is 2.28. The number of hydrogen-bond acceptors (Lipinski definition) is 3. The molecule has 0 atom stereocenters. The molecule has 1 aliphatic carbocycles. The topological polar surface area (TPSA) is 87.3 Å². The summed E-state index contributed by atoms with van der Waals surface area (Å²) < 4.78 is 13.0. The molecule has 136 valence electrons. The van der Waals surface area contributed by atoms with Gasteiger partial charge >= 0.3 is 0 Å². The van der Waals surface area contributed by atoms with E-state index in [1.165, 1.54) is 12.1 Å². The van der Waals surface area contributed by atoms with E-state index < -0.39 is 0 Å². The third-order valence-electron chi connectivity index (χ3n) is 3.85. The minimum atomic E-state index is -0.370. The number of benzene rings is 1. The molecule has 0 unspecified atom stereocenters. The maximum atomic E-state index is 13.0. The molecule has 2 rings (SSSR count). The zero-order valence-electron chi connectivity index (χ0n) is 14.1. The van der Waals surface area contributed by atoms with Gasteiger partial charge in [-0.25, -0.2) is 4.39 Å². The predicted molar refractivity (Wildman–Crippen MR) is 91.1 cm³/mol. The van der Waals surface area contributed by atoms with Crippen molar-refractivity contribution < 1.29 is 18.8 Å². The number of halogens is 1. The highest BCUT2D eigenvalue weighted by molar-refractivity contribution is 5.81. The van der Waals surface area contributed by atoms with Crippen molar-refractivity contribution in [2.45, 2.75) is 32.1 Å². The first kappa shape index (κ1) is 18.9. The number of carbonyl (C=O) groups excluding carboxylic acids is 3. The molecule has 6 nitrogen and oxygen atoms in total. The molecular formula is C18H24FN3O3. The van der Waals surface area contributed by atoms with Gasteiger partial charge in [0, 0.05) is 32.0 Å². The van der Waals surface area contributed by atoms with Crippen LogP contribution < -0.4 is 16.0 Å². The largest absolute Gasteiger partial charge is 0.356 e. The minimum Gasteiger partial charge on any atom is -0.356 e. The van der Waals surface area contributed by atoms with Crippen LogP contribution in [0.15, 0.2) is 24.3 Å². The van der Waals surface area contributed by atoms with Gasteiger partial charge in [0.1, 0.15) is 5.82 Å². The highest BCUT2D eigenvalue weighted by atomic mass is 19.1. The summed E-state index contributed by atoms with van der Waals surface area (Å²) in [6, 6.07) is 5.90. The Morgan fingerprint density at radius 1 is 1.00 bits per heavy atom. The van der Waals surface area contributed by atoms with Crippen LogP contribution in [0.5, 0.6) is 0 Å². The van der Waals surface area contributed by atoms with Crippen molar-refractivity contribution in [3.63, 3.8) is 0 Å². The third-order valence-corrected chi connectivity index (χ3v) is 3.85. The molecule has 0 radical (unpaired) electrons. The SMILES string of the molecule is O=C(CCCNC(=O)C1CC1)NCCNC(=O)Cc1cccc(F)c1. The van der Waals surface area contributed by atoms with Crippen molar-refractivity contribution in [3.05, 3.63) is 35.6 Å². The fourth-order valence-electron chi connectivity index (χ4n) is 2.34. The Kier molecular flexibility index (Phi) is 7.37. The van der Waals surface area contributed by atoms with E-state index in [9.17, 15) is 18.8 Å². The Labute approximate surface area is 146 Å². The van der Waals surface area contributed by atoms with Crippen LogP contribution in [0.4, 0.5) is 4.39 Å². The summed E-state index contributed by atoms with van der Waals surface area (Å²) in [5.41, 5.74) is 0.606. The Morgan fingerprint density at radius 3 is 2.40 bits per heavy atom. The number of rotatable bonds is 10. The van der Waals surface area contributed by atoms with Crippen LogP contribution >= 0.6 is 0 Å². The molecule has 0 bridgehead atoms. The van der Waals surface area contributed by atoms with Crippen molar-refractivity contribution >= 4 is 17.7 Å². The second-order valence-corrected chi connectivity index (χ2v) is 6.18. The fourth-order valence-corrected chi connectivity index (χ4v) is 2.34. The summed E-state index contributed by atoms with van der Waals surface area (Å²) in [5, 5.41) is 8.19. The summed E-state index contributed by atoms with van der Waals surface area (Å²) in [6.45, 7) is 1.16. The summed E-state index contributed by atoms with van der Waals surface area (Å²) in [5.74, 6) is -0.431. The van der Waals surface area contributed by atoms with Gasteiger partial charge < -0.3 is 16.0 Å². The van der Waals surface area contributed by atoms with Crippen LogP contribution in [0.2, 0.25) is 0 Å². The maximum absolute atomic E-state index is 13.0. The van der Waals surface area contributed by atoms with Gasteiger partial charge in [-0.15, -0.1) is 0 Å². The van der Waals surface area contributed by atoms with Crippen LogP contribution in [-0.4, -0.2) is 37.4 Å². The zero-order valence-corrected chi connectivity index (χ0v) is 14.1. The summed E-state index contributed by atoms with van der Waals surface area (Å²) in [7, 11) is 0. The second kappa shape index (κ2) is 9.76. The first-order valence-electron chi connectivity index (χ1n) is 8.60. The van der Waals surface area contributed by atoms with Gasteiger partial charge in [0.15, 0.2) is 0 Å². The molecule has 0 saturated heterocycles. The first-order chi connectivity index (χ1) is 12.0. The average Bonchev–Trinajstić information content (AvgIpc) is 3.40. The van der Waals surface area contributed by atoms with Crippen LogP contribution in [0.3, 0.4) is 0 Å². The Hall–Kier alpha value is -2.44. The van der Waals surface area contributed by atoms with Crippen molar-refractivity contribution in [2.75, 3.05) is 19.6 Å². The lowest BCUT2D eigenvalue weighted by Gasteiger charge is -2.08. The quantitative estimate of drug-likeness (QED) is 0.549. The van der Waals surface area contributed by atoms with E-state index in [-0.39, 0.29) is 35.9 Å². The first-order valence-corrected chi connectivity index (χ1v) is 8.60. The molecule has 25 heavy (non-hydrogen) atoms. The zero-order chi connectivity index (χ0) is 18.1. The normalized spacial score (nSPS) is 13.2. The van der Waals surface area contributed by atoms with Crippen molar-refractivity contribution in [3.8, 4) is 0 Å². The van der Waals surface area contributed by atoms with Gasteiger partial charge in [0.25, 0.3) is 0 Å². The molecule has 1 aliphatic rings. The molecule has 1 saturated carbocycles. The smallest absolute Gasteiger partial charge is 0.224 e. The Morgan fingerprint density at radius 2 is 1.72 bits per heavy atom. The number of carbonyl (C=O) groups is 3. The molecule has 3 amide bonds. The van der Waals surface area contributed by atoms with Crippen molar-refractivity contribution in [1.29, 1.82) is 0 Å². The number of amides is 3. The molecule has 3 N–H and O–H groups in total. The predicted octanol–water partition coefficient (Wildman–Crippen LogP) is 0.907. The molecule has 1 aromatic rings. The standard InChI is InChI=1S/C18H24FN3O3/c19-15-4-1-3-13(11-15)12-17(24)21-10-9-20-16(23)5-2-8-22-18(25)14-6-7-14/h1,3-4,11,14H,2,5-10,12H2,(H,20,23)(H,21,24)(H,22,25). The van der Waals surface area contributed by atoms with E-state index in [0.717, 1.165) is 12.8 Å². The average molecular weight is 349 g/mol. The van der Waals surface area contributed by atoms with Crippen LogP contribution in [0.25, 0.3) is 0 Å². The molecule has 1 fully saturated rings. The van der Waals surface area contributed by atoms with E-state index in [2.05, 4.69) is 16.0 Å². The van der Waals surface area contributed by atoms with E-state index in [1.54, 1.807) is 12.1 Å². The van der Waals surface area contributed by atoms with E-state index >= 15 is 0 Å². The van der Waals surface area contributed by atoms with E-state index in [4.69, 9.17) is 0 Å². The van der Waals surface area contributed by atoms with Crippen LogP contribution in [0, 0.1) is 11.7 Å². The lowest BCUT2D eigenvalue weighted by molar-refractivity contribution is -0.123. The molecule has 7 heteroatoms. The monoisotopic (exact) mass is 349 g/mol. The Bertz CT molecular complexity index is 617. The molecule has 0 heterocycles. The lowest BCUT2D eigenvalue weighted by Crippen LogP contribution is -2.35. The summed E-state index contributed by atoms with van der Waals surface area (Å²) in [6.07, 6.45) is 2.97. The number of hydrogen-bond donors (Lipinski definition) is 3. The van der Waals surface area contributed by atoms with Gasteiger partial charge in [-0.1, -0.05) is 12.1 Å². The van der Waals surface area contributed by atoms with Gasteiger partial charge in [-0.3, -0.25) is 14.4 Å². The van der Waals surface area contributed by atoms with Gasteiger partial charge in [-0.05, 0) is 37.0 Å². The van der Waals surface area contributed by atoms with E-state index in [0.29, 0.717) is 38.0 Å². The van der Waals surface area contributed by atoms with Crippen LogP contribution in [0.1, 0.15) is 31.2 Å². The summed E-state index contributed by atoms with van der Waals surface area (Å²) >= 11 is 0. The minimum absolute atomic E-state index is 0.0846. The van der Waals surface area contributed by atoms with Gasteiger partial charge in [0.2, 0.25) is 17.7 Å². The van der Waals surface area contributed by atoms with Crippen molar-refractivity contribution in [2.24, 2.45) is 5.92 Å². The molecule has 1 aromatic carbocycles. The molecular weight excluding hydrogens is 325 g/mol. The van der Waals surface area contributed by atoms with Gasteiger partial charge in [-0.2, -0.15) is 0 Å². The van der Waals surface area contributed by atoms with Crippen molar-refractivity contribution in [1.82, 2.24) is 16.0 Å². The molecule has 0 aliphatic heterocycles. The summed E-state index contributed by atoms with van der Waals surface area (Å²) in [4.78, 5) is 34.7. The maximum Gasteiger partial charge on any atom is 0.224 e. The third kappa shape index (κ3) is 7.78.